The van der Waals surface area contributed by atoms with E-state index in [-0.39, 0.29) is 30.4 Å². The normalized spacial score (nSPS) is 10.6. The van der Waals surface area contributed by atoms with E-state index in [1.807, 2.05) is 13.0 Å². The largest absolute Gasteiger partial charge is 0.497 e. The summed E-state index contributed by atoms with van der Waals surface area (Å²) in [5.41, 5.74) is 5.65. The number of hydrogen-bond donors (Lipinski definition) is 2. The summed E-state index contributed by atoms with van der Waals surface area (Å²) >= 11 is 0. The van der Waals surface area contributed by atoms with Gasteiger partial charge in [-0.2, -0.15) is 0 Å². The summed E-state index contributed by atoms with van der Waals surface area (Å²) in [5, 5.41) is 0. The summed E-state index contributed by atoms with van der Waals surface area (Å²) in [7, 11) is 1.55. The lowest BCUT2D eigenvalue weighted by molar-refractivity contribution is -0.117. The number of methoxy groups -OCH3 is 1. The summed E-state index contributed by atoms with van der Waals surface area (Å²) in [4.78, 5) is 40.9. The number of carbonyl (C=O) groups excluding carboxylic acids is 1. The molecule has 0 unspecified atom stereocenters. The number of amides is 1. The number of unbranched alkanes of at least 4 members (excludes halogenated alkanes) is 1. The highest BCUT2D eigenvalue weighted by Crippen LogP contribution is 2.19. The summed E-state index contributed by atoms with van der Waals surface area (Å²) < 4.78 is 6.48. The van der Waals surface area contributed by atoms with Gasteiger partial charge in [0.05, 0.1) is 13.5 Å². The van der Waals surface area contributed by atoms with Gasteiger partial charge in [0.25, 0.3) is 5.56 Å². The Hall–Kier alpha value is -3.03. The van der Waals surface area contributed by atoms with Crippen LogP contribution in [0.4, 0.5) is 11.5 Å². The monoisotopic (exact) mass is 374 g/mol. The van der Waals surface area contributed by atoms with Crippen LogP contribution in [0.25, 0.3) is 0 Å². The second-order valence-electron chi connectivity index (χ2n) is 6.16. The molecule has 0 atom stereocenters. The Morgan fingerprint density at radius 3 is 2.67 bits per heavy atom. The quantitative estimate of drug-likeness (QED) is 0.728. The Labute approximate surface area is 157 Å². The van der Waals surface area contributed by atoms with Gasteiger partial charge in [-0.3, -0.25) is 19.1 Å². The van der Waals surface area contributed by atoms with Crippen molar-refractivity contribution in [2.24, 2.45) is 0 Å². The smallest absolute Gasteiger partial charge is 0.330 e. The third-order valence-electron chi connectivity index (χ3n) is 4.33. The van der Waals surface area contributed by atoms with E-state index in [1.165, 1.54) is 9.47 Å². The van der Waals surface area contributed by atoms with Gasteiger partial charge in [-0.25, -0.2) is 4.79 Å². The molecule has 0 radical (unpaired) electrons. The summed E-state index contributed by atoms with van der Waals surface area (Å²) in [5.74, 6) is 0.371. The lowest BCUT2D eigenvalue weighted by Gasteiger charge is -2.23. The number of benzene rings is 1. The molecule has 1 amide bonds. The zero-order valence-corrected chi connectivity index (χ0v) is 15.9. The van der Waals surface area contributed by atoms with Gasteiger partial charge in [0.15, 0.2) is 5.69 Å². The number of H-pyrrole nitrogens is 1. The SMILES string of the molecule is CCCCn1c(N)c(N(CC)C(=O)Cc2cccc(OC)c2)c(=O)[nH]c1=O. The van der Waals surface area contributed by atoms with Crippen molar-refractivity contribution in [2.45, 2.75) is 39.7 Å². The van der Waals surface area contributed by atoms with Crippen molar-refractivity contribution in [1.29, 1.82) is 0 Å². The van der Waals surface area contributed by atoms with Crippen LogP contribution < -0.4 is 26.6 Å². The number of rotatable bonds is 8. The van der Waals surface area contributed by atoms with Crippen molar-refractivity contribution >= 4 is 17.4 Å². The summed E-state index contributed by atoms with van der Waals surface area (Å²) in [6.45, 7) is 4.38. The number of hydrogen-bond acceptors (Lipinski definition) is 5. The molecule has 8 heteroatoms. The minimum atomic E-state index is -0.661. The molecule has 8 nitrogen and oxygen atoms in total. The van der Waals surface area contributed by atoms with Gasteiger partial charge in [0.1, 0.15) is 11.6 Å². The maximum absolute atomic E-state index is 12.8. The summed E-state index contributed by atoms with van der Waals surface area (Å²) in [6.07, 6.45) is 1.68. The van der Waals surface area contributed by atoms with Crippen molar-refractivity contribution in [1.82, 2.24) is 9.55 Å². The first-order valence-corrected chi connectivity index (χ1v) is 8.98. The second kappa shape index (κ2) is 9.07. The Kier molecular flexibility index (Phi) is 6.81. The third-order valence-corrected chi connectivity index (χ3v) is 4.33. The number of likely N-dealkylation sites (N-methyl/N-ethyl adjacent to an activating group) is 1. The van der Waals surface area contributed by atoms with Crippen LogP contribution >= 0.6 is 0 Å². The predicted octanol–water partition coefficient (Wildman–Crippen LogP) is 1.52. The van der Waals surface area contributed by atoms with Crippen LogP contribution in [-0.2, 0) is 17.8 Å². The topological polar surface area (TPSA) is 110 Å². The molecule has 3 N–H and O–H groups in total. The molecule has 146 valence electrons. The molecule has 27 heavy (non-hydrogen) atoms. The number of aromatic nitrogens is 2. The van der Waals surface area contributed by atoms with Crippen LogP contribution in [0.15, 0.2) is 33.9 Å². The minimum Gasteiger partial charge on any atom is -0.497 e. The highest BCUT2D eigenvalue weighted by atomic mass is 16.5. The van der Waals surface area contributed by atoms with Gasteiger partial charge in [0, 0.05) is 13.1 Å². The van der Waals surface area contributed by atoms with E-state index in [1.54, 1.807) is 32.2 Å². The van der Waals surface area contributed by atoms with Crippen LogP contribution in [-0.4, -0.2) is 29.1 Å². The summed E-state index contributed by atoms with van der Waals surface area (Å²) in [6, 6.07) is 7.16. The number of aromatic amines is 1. The highest BCUT2D eigenvalue weighted by molar-refractivity contribution is 5.96. The van der Waals surface area contributed by atoms with Crippen LogP contribution in [0.1, 0.15) is 32.3 Å². The fourth-order valence-corrected chi connectivity index (χ4v) is 2.89. The zero-order chi connectivity index (χ0) is 20.0. The molecule has 1 heterocycles. The van der Waals surface area contributed by atoms with Gasteiger partial charge in [-0.15, -0.1) is 0 Å². The fourth-order valence-electron chi connectivity index (χ4n) is 2.89. The van der Waals surface area contributed by atoms with E-state index in [2.05, 4.69) is 4.98 Å². The number of nitrogens with zero attached hydrogens (tertiary/aromatic N) is 2. The number of nitrogen functional groups attached to an aromatic ring is 1. The molecule has 0 aliphatic rings. The van der Waals surface area contributed by atoms with Crippen molar-refractivity contribution in [3.63, 3.8) is 0 Å². The number of carbonyl (C=O) groups is 1. The van der Waals surface area contributed by atoms with Crippen molar-refractivity contribution in [3.8, 4) is 5.75 Å². The number of anilines is 2. The van der Waals surface area contributed by atoms with Gasteiger partial charge >= 0.3 is 5.69 Å². The Morgan fingerprint density at radius 1 is 1.30 bits per heavy atom. The number of ether oxygens (including phenoxy) is 1. The zero-order valence-electron chi connectivity index (χ0n) is 15.9. The fraction of sp³-hybridized carbons (Fsp3) is 0.421. The van der Waals surface area contributed by atoms with E-state index >= 15 is 0 Å². The molecule has 0 fully saturated rings. The first-order chi connectivity index (χ1) is 12.9. The molecular weight excluding hydrogens is 348 g/mol. The van der Waals surface area contributed by atoms with Crippen LogP contribution in [0.2, 0.25) is 0 Å². The highest BCUT2D eigenvalue weighted by Gasteiger charge is 2.23. The molecular formula is C19H26N4O4. The van der Waals surface area contributed by atoms with Crippen LogP contribution in [0.5, 0.6) is 5.75 Å². The van der Waals surface area contributed by atoms with Crippen molar-refractivity contribution < 1.29 is 9.53 Å². The Morgan fingerprint density at radius 2 is 2.04 bits per heavy atom. The van der Waals surface area contributed by atoms with Gasteiger partial charge in [0.2, 0.25) is 5.91 Å². The van der Waals surface area contributed by atoms with E-state index in [0.717, 1.165) is 18.4 Å². The molecule has 0 saturated heterocycles. The molecule has 0 saturated carbocycles. The number of nitrogens with one attached hydrogen (secondary N) is 1. The molecule has 0 bridgehead atoms. The number of nitrogens with two attached hydrogens (primary N) is 1. The van der Waals surface area contributed by atoms with E-state index in [9.17, 15) is 14.4 Å². The lowest BCUT2D eigenvalue weighted by atomic mass is 10.1. The van der Waals surface area contributed by atoms with Gasteiger partial charge in [-0.1, -0.05) is 25.5 Å². The molecule has 1 aromatic heterocycles. The molecule has 2 aromatic rings. The predicted molar refractivity (Wildman–Crippen MR) is 105 cm³/mol. The average molecular weight is 374 g/mol. The van der Waals surface area contributed by atoms with Gasteiger partial charge in [-0.05, 0) is 31.0 Å². The van der Waals surface area contributed by atoms with Crippen molar-refractivity contribution in [3.05, 3.63) is 50.7 Å². The van der Waals surface area contributed by atoms with Crippen LogP contribution in [0, 0.1) is 0 Å². The maximum atomic E-state index is 12.8. The standard InChI is InChI=1S/C19H26N4O4/c1-4-6-10-23-17(20)16(18(25)21-19(23)26)22(5-2)15(24)12-13-8-7-9-14(11-13)27-3/h7-9,11H,4-6,10,12,20H2,1-3H3,(H,21,25,26). The second-order valence-corrected chi connectivity index (χ2v) is 6.16. The first-order valence-electron chi connectivity index (χ1n) is 8.98. The third kappa shape index (κ3) is 4.58. The molecule has 1 aromatic carbocycles. The molecule has 0 aliphatic carbocycles. The van der Waals surface area contributed by atoms with Crippen molar-refractivity contribution in [2.75, 3.05) is 24.3 Å². The average Bonchev–Trinajstić information content (AvgIpc) is 2.64. The van der Waals surface area contributed by atoms with Gasteiger partial charge < -0.3 is 15.4 Å². The van der Waals surface area contributed by atoms with Crippen LogP contribution in [0.3, 0.4) is 0 Å². The molecule has 0 aliphatic heterocycles. The van der Waals surface area contributed by atoms with E-state index in [0.29, 0.717) is 12.3 Å². The van der Waals surface area contributed by atoms with E-state index < -0.39 is 11.2 Å². The maximum Gasteiger partial charge on any atom is 0.330 e. The first kappa shape index (κ1) is 20.3. The minimum absolute atomic E-state index is 0.0121. The molecule has 0 spiro atoms. The lowest BCUT2D eigenvalue weighted by Crippen LogP contribution is -2.41. The Balaban J connectivity index is 2.39. The Bertz CT molecular complexity index is 917. The van der Waals surface area contributed by atoms with E-state index in [4.69, 9.17) is 10.5 Å². The molecule has 2 rings (SSSR count).